The Morgan fingerprint density at radius 2 is 2.29 bits per heavy atom. The van der Waals surface area contributed by atoms with E-state index < -0.39 is 0 Å². The number of rotatable bonds is 1. The zero-order valence-corrected chi connectivity index (χ0v) is 8.77. The molecule has 1 aliphatic heterocycles. The van der Waals surface area contributed by atoms with Gasteiger partial charge in [-0.3, -0.25) is 0 Å². The topological polar surface area (TPSA) is 41.1 Å². The van der Waals surface area contributed by atoms with E-state index in [4.69, 9.17) is 0 Å². The molecule has 74 valence electrons. The number of nitrogens with one attached hydrogen (secondary N) is 2. The quantitative estimate of drug-likeness (QED) is 0.795. The summed E-state index contributed by atoms with van der Waals surface area (Å²) in [6.45, 7) is 0.531. The maximum atomic E-state index is 12.8. The van der Waals surface area contributed by atoms with Gasteiger partial charge in [-0.1, -0.05) is 22.0 Å². The lowest BCUT2D eigenvalue weighted by Gasteiger charge is -2.10. The molecule has 0 radical (unpaired) electrons. The molecule has 0 spiro atoms. The lowest BCUT2D eigenvalue weighted by atomic mass is 10.1. The average Bonchev–Trinajstić information content (AvgIpc) is 2.51. The third-order valence-corrected chi connectivity index (χ3v) is 2.80. The van der Waals surface area contributed by atoms with Gasteiger partial charge in [-0.15, -0.1) is 0 Å². The minimum Gasteiger partial charge on any atom is -0.336 e. The van der Waals surface area contributed by atoms with Crippen molar-refractivity contribution in [3.63, 3.8) is 0 Å². The number of urea groups is 1. The first kappa shape index (κ1) is 9.45. The van der Waals surface area contributed by atoms with Crippen LogP contribution in [-0.4, -0.2) is 12.6 Å². The Bertz CT molecular complexity index is 383. The zero-order valence-electron chi connectivity index (χ0n) is 7.18. The second kappa shape index (κ2) is 3.57. The summed E-state index contributed by atoms with van der Waals surface area (Å²) in [7, 11) is 0. The predicted molar refractivity (Wildman–Crippen MR) is 53.4 cm³/mol. The zero-order chi connectivity index (χ0) is 10.1. The molecule has 3 nitrogen and oxygen atoms in total. The third-order valence-electron chi connectivity index (χ3n) is 2.11. The van der Waals surface area contributed by atoms with Gasteiger partial charge in [0.1, 0.15) is 5.82 Å². The molecule has 2 N–H and O–H groups in total. The Hall–Kier alpha value is -1.10. The molecule has 1 aromatic carbocycles. The van der Waals surface area contributed by atoms with Gasteiger partial charge in [0, 0.05) is 11.0 Å². The van der Waals surface area contributed by atoms with Crippen LogP contribution in [0.2, 0.25) is 0 Å². The van der Waals surface area contributed by atoms with Crippen LogP contribution >= 0.6 is 15.9 Å². The lowest BCUT2D eigenvalue weighted by Crippen LogP contribution is -2.21. The molecular formula is C9H8BrFN2O. The summed E-state index contributed by atoms with van der Waals surface area (Å²) in [6.07, 6.45) is 0. The van der Waals surface area contributed by atoms with Gasteiger partial charge in [-0.2, -0.15) is 0 Å². The molecule has 2 amide bonds. The smallest absolute Gasteiger partial charge is 0.315 e. The molecule has 1 fully saturated rings. The molecule has 2 rings (SSSR count). The Kier molecular flexibility index (Phi) is 2.41. The number of carbonyl (C=O) groups excluding carboxylic acids is 1. The van der Waals surface area contributed by atoms with Crippen molar-refractivity contribution in [2.45, 2.75) is 6.04 Å². The van der Waals surface area contributed by atoms with Crippen LogP contribution in [0.3, 0.4) is 0 Å². The fourth-order valence-corrected chi connectivity index (χ4v) is 2.05. The van der Waals surface area contributed by atoms with Gasteiger partial charge < -0.3 is 10.6 Å². The molecule has 0 bridgehead atoms. The van der Waals surface area contributed by atoms with Gasteiger partial charge in [0.25, 0.3) is 0 Å². The van der Waals surface area contributed by atoms with Crippen molar-refractivity contribution in [3.8, 4) is 0 Å². The Balaban J connectivity index is 2.28. The summed E-state index contributed by atoms with van der Waals surface area (Å²) in [4.78, 5) is 10.9. The highest BCUT2D eigenvalue weighted by atomic mass is 79.9. The molecule has 1 unspecified atom stereocenters. The van der Waals surface area contributed by atoms with Gasteiger partial charge in [-0.25, -0.2) is 9.18 Å². The average molecular weight is 259 g/mol. The van der Waals surface area contributed by atoms with Crippen molar-refractivity contribution in [3.05, 3.63) is 34.1 Å². The van der Waals surface area contributed by atoms with Crippen LogP contribution in [0.15, 0.2) is 22.7 Å². The second-order valence-corrected chi connectivity index (χ2v) is 3.93. The van der Waals surface area contributed by atoms with E-state index in [1.165, 1.54) is 12.1 Å². The first-order valence-electron chi connectivity index (χ1n) is 4.16. The SMILES string of the molecule is O=C1NCC(c2ccc(F)cc2Br)N1. The van der Waals surface area contributed by atoms with Gasteiger partial charge in [0.2, 0.25) is 0 Å². The van der Waals surface area contributed by atoms with E-state index in [0.717, 1.165) is 5.56 Å². The lowest BCUT2D eigenvalue weighted by molar-refractivity contribution is 0.247. The van der Waals surface area contributed by atoms with Crippen molar-refractivity contribution in [1.29, 1.82) is 0 Å². The van der Waals surface area contributed by atoms with Crippen LogP contribution in [0.4, 0.5) is 9.18 Å². The molecule has 0 aromatic heterocycles. The summed E-state index contributed by atoms with van der Waals surface area (Å²) >= 11 is 3.26. The van der Waals surface area contributed by atoms with Crippen molar-refractivity contribution in [1.82, 2.24) is 10.6 Å². The highest BCUT2D eigenvalue weighted by Gasteiger charge is 2.23. The summed E-state index contributed by atoms with van der Waals surface area (Å²) in [6, 6.07) is 4.16. The molecule has 5 heteroatoms. The van der Waals surface area contributed by atoms with Gasteiger partial charge in [0.15, 0.2) is 0 Å². The van der Waals surface area contributed by atoms with Gasteiger partial charge >= 0.3 is 6.03 Å². The standard InChI is InChI=1S/C9H8BrFN2O/c10-7-3-5(11)1-2-6(7)8-4-12-9(14)13-8/h1-3,8H,4H2,(H2,12,13,14). The van der Waals surface area contributed by atoms with E-state index in [2.05, 4.69) is 26.6 Å². The summed E-state index contributed by atoms with van der Waals surface area (Å²) in [5.74, 6) is -0.294. The largest absolute Gasteiger partial charge is 0.336 e. The molecule has 1 aliphatic rings. The van der Waals surface area contributed by atoms with E-state index in [1.54, 1.807) is 6.07 Å². The van der Waals surface area contributed by atoms with Crippen LogP contribution < -0.4 is 10.6 Å². The summed E-state index contributed by atoms with van der Waals surface area (Å²) in [5.41, 5.74) is 0.879. The number of halogens is 2. The van der Waals surface area contributed by atoms with Gasteiger partial charge in [-0.05, 0) is 17.7 Å². The molecule has 1 heterocycles. The summed E-state index contributed by atoms with van der Waals surface area (Å²) in [5, 5.41) is 5.37. The highest BCUT2D eigenvalue weighted by molar-refractivity contribution is 9.10. The van der Waals surface area contributed by atoms with Crippen molar-refractivity contribution < 1.29 is 9.18 Å². The Labute approximate surface area is 88.8 Å². The Morgan fingerprint density at radius 3 is 2.86 bits per heavy atom. The molecule has 1 atom stereocenters. The minimum atomic E-state index is -0.294. The van der Waals surface area contributed by atoms with Crippen molar-refractivity contribution in [2.24, 2.45) is 0 Å². The summed E-state index contributed by atoms with van der Waals surface area (Å²) < 4.78 is 13.5. The first-order chi connectivity index (χ1) is 6.66. The number of hydrogen-bond acceptors (Lipinski definition) is 1. The monoisotopic (exact) mass is 258 g/mol. The molecule has 1 saturated heterocycles. The molecule has 14 heavy (non-hydrogen) atoms. The van der Waals surface area contributed by atoms with E-state index >= 15 is 0 Å². The molecule has 0 aliphatic carbocycles. The number of hydrogen-bond donors (Lipinski definition) is 2. The van der Waals surface area contributed by atoms with E-state index in [9.17, 15) is 9.18 Å². The van der Waals surface area contributed by atoms with Crippen LogP contribution in [0.5, 0.6) is 0 Å². The Morgan fingerprint density at radius 1 is 1.50 bits per heavy atom. The van der Waals surface area contributed by atoms with E-state index in [0.29, 0.717) is 11.0 Å². The minimum absolute atomic E-state index is 0.0857. The normalized spacial score (nSPS) is 20.4. The first-order valence-corrected chi connectivity index (χ1v) is 4.95. The van der Waals surface area contributed by atoms with Crippen LogP contribution in [0.25, 0.3) is 0 Å². The maximum Gasteiger partial charge on any atom is 0.315 e. The van der Waals surface area contributed by atoms with Crippen LogP contribution in [-0.2, 0) is 0 Å². The highest BCUT2D eigenvalue weighted by Crippen LogP contribution is 2.25. The third kappa shape index (κ3) is 1.72. The van der Waals surface area contributed by atoms with E-state index in [-0.39, 0.29) is 17.9 Å². The molecule has 1 aromatic rings. The molecule has 0 saturated carbocycles. The fraction of sp³-hybridized carbons (Fsp3) is 0.222. The number of amides is 2. The van der Waals surface area contributed by atoms with Crippen molar-refractivity contribution in [2.75, 3.05) is 6.54 Å². The van der Waals surface area contributed by atoms with Crippen LogP contribution in [0, 0.1) is 5.82 Å². The van der Waals surface area contributed by atoms with E-state index in [1.807, 2.05) is 0 Å². The van der Waals surface area contributed by atoms with Gasteiger partial charge in [0.05, 0.1) is 6.04 Å². The molecular weight excluding hydrogens is 251 g/mol. The fourth-order valence-electron chi connectivity index (χ4n) is 1.43. The number of carbonyl (C=O) groups is 1. The van der Waals surface area contributed by atoms with Crippen molar-refractivity contribution >= 4 is 22.0 Å². The maximum absolute atomic E-state index is 12.8. The second-order valence-electron chi connectivity index (χ2n) is 3.07. The van der Waals surface area contributed by atoms with Crippen LogP contribution in [0.1, 0.15) is 11.6 Å². The predicted octanol–water partition coefficient (Wildman–Crippen LogP) is 1.94. The number of benzene rings is 1.